The molecule has 160 valence electrons. The second kappa shape index (κ2) is 9.67. The van der Waals surface area contributed by atoms with Crippen molar-refractivity contribution in [2.45, 2.75) is 0 Å². The number of aromatic nitrogens is 1. The molecular formula is C20H17N3O7S. The monoisotopic (exact) mass is 443 g/mol. The van der Waals surface area contributed by atoms with Crippen molar-refractivity contribution in [2.75, 3.05) is 26.1 Å². The average molecular weight is 443 g/mol. The van der Waals surface area contributed by atoms with E-state index in [1.807, 2.05) is 0 Å². The minimum absolute atomic E-state index is 0.0973. The standard InChI is InChI=1S/C20H17N3O7S/c1-28-14-7-8-17(29-2)15(9-14)16-11-31-20(21-16)22-18(24)10-30-19(25)12-3-5-13(6-4-12)23(26)27/h3-9,11H,10H2,1-2H3,(H,21,22,24). The number of nitro groups is 1. The van der Waals surface area contributed by atoms with Crippen molar-refractivity contribution in [1.82, 2.24) is 4.98 Å². The van der Waals surface area contributed by atoms with Crippen LogP contribution < -0.4 is 14.8 Å². The van der Waals surface area contributed by atoms with Crippen LogP contribution in [0.15, 0.2) is 47.8 Å². The zero-order chi connectivity index (χ0) is 22.4. The molecule has 0 unspecified atom stereocenters. The van der Waals surface area contributed by atoms with E-state index in [2.05, 4.69) is 10.3 Å². The van der Waals surface area contributed by atoms with Crippen molar-refractivity contribution in [1.29, 1.82) is 0 Å². The minimum atomic E-state index is -0.772. The van der Waals surface area contributed by atoms with Crippen LogP contribution in [0.1, 0.15) is 10.4 Å². The van der Waals surface area contributed by atoms with Gasteiger partial charge in [-0.3, -0.25) is 20.2 Å². The number of nitrogens with zero attached hydrogens (tertiary/aromatic N) is 2. The zero-order valence-corrected chi connectivity index (χ0v) is 17.3. The van der Waals surface area contributed by atoms with Gasteiger partial charge in [0.2, 0.25) is 0 Å². The van der Waals surface area contributed by atoms with Crippen LogP contribution in [0.3, 0.4) is 0 Å². The van der Waals surface area contributed by atoms with Gasteiger partial charge in [0, 0.05) is 23.1 Å². The molecule has 0 aliphatic carbocycles. The molecule has 10 nitrogen and oxygen atoms in total. The van der Waals surface area contributed by atoms with Crippen molar-refractivity contribution in [2.24, 2.45) is 0 Å². The van der Waals surface area contributed by atoms with Crippen molar-refractivity contribution >= 4 is 34.0 Å². The van der Waals surface area contributed by atoms with Gasteiger partial charge >= 0.3 is 5.97 Å². The Labute approximate surface area is 180 Å². The predicted octanol–water partition coefficient (Wildman–Crippen LogP) is 3.53. The molecule has 0 aliphatic heterocycles. The van der Waals surface area contributed by atoms with Crippen LogP contribution in [0.25, 0.3) is 11.3 Å². The van der Waals surface area contributed by atoms with Gasteiger partial charge < -0.3 is 14.2 Å². The van der Waals surface area contributed by atoms with Crippen LogP contribution in [0.2, 0.25) is 0 Å². The van der Waals surface area contributed by atoms with Crippen LogP contribution in [0, 0.1) is 10.1 Å². The van der Waals surface area contributed by atoms with Gasteiger partial charge in [0.1, 0.15) is 11.5 Å². The fraction of sp³-hybridized carbons (Fsp3) is 0.150. The number of benzene rings is 2. The maximum Gasteiger partial charge on any atom is 0.338 e. The van der Waals surface area contributed by atoms with E-state index in [9.17, 15) is 19.7 Å². The molecule has 3 rings (SSSR count). The largest absolute Gasteiger partial charge is 0.497 e. The molecule has 0 atom stereocenters. The van der Waals surface area contributed by atoms with E-state index >= 15 is 0 Å². The fourth-order valence-electron chi connectivity index (χ4n) is 2.56. The first-order valence-corrected chi connectivity index (χ1v) is 9.68. The number of ether oxygens (including phenoxy) is 3. The van der Waals surface area contributed by atoms with Gasteiger partial charge in [0.05, 0.1) is 30.4 Å². The summed E-state index contributed by atoms with van der Waals surface area (Å²) in [6.07, 6.45) is 0. The molecule has 0 saturated heterocycles. The Morgan fingerprint density at radius 2 is 1.87 bits per heavy atom. The molecule has 1 aromatic heterocycles. The molecule has 0 spiro atoms. The highest BCUT2D eigenvalue weighted by Crippen LogP contribution is 2.35. The Morgan fingerprint density at radius 1 is 1.13 bits per heavy atom. The average Bonchev–Trinajstić information content (AvgIpc) is 3.25. The number of anilines is 1. The van der Waals surface area contributed by atoms with Crippen molar-refractivity contribution < 1.29 is 28.7 Å². The van der Waals surface area contributed by atoms with Crippen LogP contribution in [-0.2, 0) is 9.53 Å². The van der Waals surface area contributed by atoms with E-state index < -0.39 is 23.4 Å². The Balaban J connectivity index is 1.60. The number of non-ortho nitro benzene ring substituents is 1. The van der Waals surface area contributed by atoms with Gasteiger partial charge in [-0.2, -0.15) is 0 Å². The number of rotatable bonds is 8. The summed E-state index contributed by atoms with van der Waals surface area (Å²) in [5, 5.41) is 15.3. The normalized spacial score (nSPS) is 10.3. The Bertz CT molecular complexity index is 1110. The van der Waals surface area contributed by atoms with Gasteiger partial charge in [0.15, 0.2) is 11.7 Å². The second-order valence-electron chi connectivity index (χ2n) is 6.03. The highest BCUT2D eigenvalue weighted by Gasteiger charge is 2.15. The van der Waals surface area contributed by atoms with Crippen LogP contribution in [0.5, 0.6) is 11.5 Å². The third kappa shape index (κ3) is 5.34. The quantitative estimate of drug-likeness (QED) is 0.318. The number of thiazole rings is 1. The SMILES string of the molecule is COc1ccc(OC)c(-c2csc(NC(=O)COC(=O)c3ccc([N+](=O)[O-])cc3)n2)c1. The molecule has 2 aromatic carbocycles. The lowest BCUT2D eigenvalue weighted by Crippen LogP contribution is -2.20. The van der Waals surface area contributed by atoms with Gasteiger partial charge in [-0.1, -0.05) is 0 Å². The number of nitro benzene ring substituents is 1. The summed E-state index contributed by atoms with van der Waals surface area (Å²) in [7, 11) is 3.09. The minimum Gasteiger partial charge on any atom is -0.497 e. The molecule has 31 heavy (non-hydrogen) atoms. The molecule has 1 N–H and O–H groups in total. The lowest BCUT2D eigenvalue weighted by Gasteiger charge is -2.08. The van der Waals surface area contributed by atoms with Crippen molar-refractivity contribution in [3.63, 3.8) is 0 Å². The topological polar surface area (TPSA) is 130 Å². The van der Waals surface area contributed by atoms with E-state index in [0.717, 1.165) is 0 Å². The number of carbonyl (C=O) groups excluding carboxylic acids is 2. The first-order valence-electron chi connectivity index (χ1n) is 8.80. The zero-order valence-electron chi connectivity index (χ0n) is 16.5. The summed E-state index contributed by atoms with van der Waals surface area (Å²) in [5.74, 6) is -0.117. The highest BCUT2D eigenvalue weighted by molar-refractivity contribution is 7.14. The number of esters is 1. The summed E-state index contributed by atoms with van der Waals surface area (Å²) in [4.78, 5) is 38.5. The Morgan fingerprint density at radius 3 is 2.52 bits per heavy atom. The van der Waals surface area contributed by atoms with E-state index in [1.54, 1.807) is 37.8 Å². The summed E-state index contributed by atoms with van der Waals surface area (Å²) >= 11 is 1.20. The summed E-state index contributed by atoms with van der Waals surface area (Å²) < 4.78 is 15.5. The summed E-state index contributed by atoms with van der Waals surface area (Å²) in [6.45, 7) is -0.535. The third-order valence-corrected chi connectivity index (χ3v) is 4.84. The van der Waals surface area contributed by atoms with E-state index in [-0.39, 0.29) is 11.3 Å². The van der Waals surface area contributed by atoms with Gasteiger partial charge in [0.25, 0.3) is 11.6 Å². The molecule has 0 bridgehead atoms. The van der Waals surface area contributed by atoms with Crippen LogP contribution >= 0.6 is 11.3 Å². The van der Waals surface area contributed by atoms with E-state index in [4.69, 9.17) is 14.2 Å². The molecule has 0 radical (unpaired) electrons. The number of hydrogen-bond acceptors (Lipinski definition) is 9. The second-order valence-corrected chi connectivity index (χ2v) is 6.89. The van der Waals surface area contributed by atoms with Crippen molar-refractivity contribution in [3.05, 3.63) is 63.5 Å². The molecule has 1 amide bonds. The lowest BCUT2D eigenvalue weighted by atomic mass is 10.1. The number of amides is 1. The van der Waals surface area contributed by atoms with Crippen molar-refractivity contribution in [3.8, 4) is 22.8 Å². The Hall–Kier alpha value is -3.99. The maximum atomic E-state index is 12.1. The van der Waals surface area contributed by atoms with Gasteiger partial charge in [-0.25, -0.2) is 9.78 Å². The van der Waals surface area contributed by atoms with Gasteiger partial charge in [-0.15, -0.1) is 11.3 Å². The molecule has 0 fully saturated rings. The molecule has 1 heterocycles. The van der Waals surface area contributed by atoms with Crippen LogP contribution in [-0.4, -0.2) is 42.6 Å². The Kier molecular flexibility index (Phi) is 6.78. The summed E-state index contributed by atoms with van der Waals surface area (Å²) in [5.41, 5.74) is 1.23. The van der Waals surface area contributed by atoms with E-state index in [1.165, 1.54) is 35.6 Å². The summed E-state index contributed by atoms with van der Waals surface area (Å²) in [6, 6.07) is 10.2. The number of nitrogens with one attached hydrogen (secondary N) is 1. The number of carbonyl (C=O) groups is 2. The first kappa shape index (κ1) is 21.7. The molecule has 3 aromatic rings. The number of hydrogen-bond donors (Lipinski definition) is 1. The number of methoxy groups -OCH3 is 2. The molecule has 11 heteroatoms. The highest BCUT2D eigenvalue weighted by atomic mass is 32.1. The smallest absolute Gasteiger partial charge is 0.338 e. The van der Waals surface area contributed by atoms with Crippen LogP contribution in [0.4, 0.5) is 10.8 Å². The first-order chi connectivity index (χ1) is 14.9. The molecule has 0 aliphatic rings. The molecule has 0 saturated carbocycles. The van der Waals surface area contributed by atoms with Gasteiger partial charge in [-0.05, 0) is 30.3 Å². The lowest BCUT2D eigenvalue weighted by molar-refractivity contribution is -0.384. The van der Waals surface area contributed by atoms with E-state index in [0.29, 0.717) is 27.9 Å². The fourth-order valence-corrected chi connectivity index (χ4v) is 3.28. The molecular weight excluding hydrogens is 426 g/mol. The third-order valence-electron chi connectivity index (χ3n) is 4.08. The maximum absolute atomic E-state index is 12.1. The predicted molar refractivity (Wildman–Crippen MR) is 113 cm³/mol.